The van der Waals surface area contributed by atoms with Crippen LogP contribution in [-0.4, -0.2) is 48.9 Å². The van der Waals surface area contributed by atoms with Gasteiger partial charge < -0.3 is 23.8 Å². The second kappa shape index (κ2) is 9.88. The van der Waals surface area contributed by atoms with E-state index in [9.17, 15) is 9.90 Å². The summed E-state index contributed by atoms with van der Waals surface area (Å²) in [7, 11) is 4.19. The van der Waals surface area contributed by atoms with Crippen LogP contribution >= 0.6 is 0 Å². The van der Waals surface area contributed by atoms with Crippen molar-refractivity contribution in [3.05, 3.63) is 114 Å². The molecule has 0 bridgehead atoms. The number of hydrogen-bond acceptors (Lipinski definition) is 5. The molecule has 0 aromatic heterocycles. The summed E-state index contributed by atoms with van der Waals surface area (Å²) in [5, 5.41) is 11.8. The van der Waals surface area contributed by atoms with Gasteiger partial charge in [0.25, 0.3) is 0 Å². The zero-order chi connectivity index (χ0) is 26.0. The topological polar surface area (TPSA) is 65.0 Å². The van der Waals surface area contributed by atoms with Gasteiger partial charge in [-0.3, -0.25) is 0 Å². The molecule has 1 unspecified atom stereocenters. The van der Waals surface area contributed by atoms with Crippen LogP contribution in [-0.2, 0) is 15.1 Å². The minimum Gasteiger partial charge on any atom is -0.493 e. The van der Waals surface area contributed by atoms with Crippen LogP contribution < -0.4 is 9.47 Å². The van der Waals surface area contributed by atoms with Gasteiger partial charge in [-0.25, -0.2) is 4.79 Å². The molecule has 2 aliphatic rings. The van der Waals surface area contributed by atoms with Crippen molar-refractivity contribution in [3.63, 3.8) is 0 Å². The predicted octanol–water partition coefficient (Wildman–Crippen LogP) is 5.33. The smallest absolute Gasteiger partial charge is 0.348 e. The van der Waals surface area contributed by atoms with Gasteiger partial charge in [0.15, 0.2) is 0 Å². The Labute approximate surface area is 217 Å². The monoisotopic (exact) mass is 498 g/mol. The Balaban J connectivity index is 1.29. The third-order valence-corrected chi connectivity index (χ3v) is 6.88. The molecule has 1 aliphatic carbocycles. The van der Waals surface area contributed by atoms with Crippen molar-refractivity contribution >= 4 is 5.97 Å². The molecule has 37 heavy (non-hydrogen) atoms. The molecule has 1 N–H and O–H groups in total. The zero-order valence-corrected chi connectivity index (χ0v) is 21.2. The Hall–Kier alpha value is -3.87. The summed E-state index contributed by atoms with van der Waals surface area (Å²) in [4.78, 5) is 13.6. The minimum atomic E-state index is -1.97. The van der Waals surface area contributed by atoms with Gasteiger partial charge in [0.05, 0.1) is 27.2 Å². The lowest BCUT2D eigenvalue weighted by molar-refractivity contribution is -0.839. The van der Waals surface area contributed by atoms with Gasteiger partial charge in [-0.2, -0.15) is 0 Å². The summed E-state index contributed by atoms with van der Waals surface area (Å²) in [6, 6.07) is 23.8. The fourth-order valence-corrected chi connectivity index (χ4v) is 4.85. The molecule has 6 heteroatoms. The molecule has 1 aliphatic heterocycles. The Morgan fingerprint density at radius 1 is 1.03 bits per heavy atom. The first-order valence-electron chi connectivity index (χ1n) is 12.5. The third kappa shape index (κ3) is 4.90. The second-order valence-corrected chi connectivity index (χ2v) is 10.1. The highest BCUT2D eigenvalue weighted by Gasteiger charge is 2.50. The number of benzene rings is 3. The number of fused-ring (bicyclic) bond motifs is 2. The fraction of sp³-hybridized carbons (Fsp3) is 0.258. The van der Waals surface area contributed by atoms with Crippen molar-refractivity contribution in [1.82, 2.24) is 0 Å². The average Bonchev–Trinajstić information content (AvgIpc) is 2.90. The molecule has 5 rings (SSSR count). The number of esters is 1. The Morgan fingerprint density at radius 3 is 2.24 bits per heavy atom. The molecule has 1 heterocycles. The summed E-state index contributed by atoms with van der Waals surface area (Å²) in [6.45, 7) is 5.60. The van der Waals surface area contributed by atoms with Crippen LogP contribution in [0.15, 0.2) is 103 Å². The SMILES string of the molecule is C=C1CC(OC(=O)C2(O)c3ccccc3Oc3ccccc32)/C1=C/[N+](C)(C)CCCOc1ccccc1. The van der Waals surface area contributed by atoms with E-state index < -0.39 is 17.7 Å². The molecule has 3 aromatic rings. The standard InChI is InChI=1S/C31H32NO5/c1-22-20-29(24(22)21-32(2,3)18-11-19-35-23-12-5-4-6-13-23)37-30(33)31(34)25-14-7-9-16-27(25)36-28-17-10-8-15-26(28)31/h4-10,12-17,21,29,34H,1,11,18-20H2,2-3H3/q+1/b24-21+. The van der Waals surface area contributed by atoms with Crippen LogP contribution in [0.3, 0.4) is 0 Å². The maximum absolute atomic E-state index is 13.6. The molecular weight excluding hydrogens is 466 g/mol. The largest absolute Gasteiger partial charge is 0.493 e. The molecule has 0 saturated heterocycles. The van der Waals surface area contributed by atoms with E-state index >= 15 is 0 Å². The van der Waals surface area contributed by atoms with Crippen molar-refractivity contribution < 1.29 is 28.6 Å². The quantitative estimate of drug-likeness (QED) is 0.258. The number of aliphatic hydroxyl groups is 1. The van der Waals surface area contributed by atoms with Gasteiger partial charge in [-0.15, -0.1) is 0 Å². The lowest BCUT2D eigenvalue weighted by Crippen LogP contribution is -2.45. The molecule has 6 nitrogen and oxygen atoms in total. The summed E-state index contributed by atoms with van der Waals surface area (Å²) in [5.41, 5.74) is 0.602. The Morgan fingerprint density at radius 2 is 1.62 bits per heavy atom. The summed E-state index contributed by atoms with van der Waals surface area (Å²) in [6.07, 6.45) is 3.01. The van der Waals surface area contributed by atoms with Crippen molar-refractivity contribution in [3.8, 4) is 17.2 Å². The van der Waals surface area contributed by atoms with Gasteiger partial charge in [0.1, 0.15) is 29.6 Å². The molecule has 0 spiro atoms. The predicted molar refractivity (Wildman–Crippen MR) is 141 cm³/mol. The molecule has 1 saturated carbocycles. The van der Waals surface area contributed by atoms with Crippen LogP contribution in [0.4, 0.5) is 0 Å². The molecule has 190 valence electrons. The lowest BCUT2D eigenvalue weighted by Gasteiger charge is -2.38. The summed E-state index contributed by atoms with van der Waals surface area (Å²) < 4.78 is 18.3. The van der Waals surface area contributed by atoms with Crippen LogP contribution in [0, 0.1) is 0 Å². The van der Waals surface area contributed by atoms with E-state index in [1.165, 1.54) is 0 Å². The fourth-order valence-electron chi connectivity index (χ4n) is 4.85. The maximum Gasteiger partial charge on any atom is 0.348 e. The summed E-state index contributed by atoms with van der Waals surface area (Å²) >= 11 is 0. The van der Waals surface area contributed by atoms with Crippen molar-refractivity contribution in [2.45, 2.75) is 24.5 Å². The highest BCUT2D eigenvalue weighted by molar-refractivity contribution is 5.89. The van der Waals surface area contributed by atoms with Gasteiger partial charge >= 0.3 is 5.97 Å². The van der Waals surface area contributed by atoms with E-state index in [1.54, 1.807) is 48.5 Å². The first-order valence-corrected chi connectivity index (χ1v) is 12.5. The van der Waals surface area contributed by atoms with Crippen molar-refractivity contribution in [1.29, 1.82) is 0 Å². The number of para-hydroxylation sites is 3. The first kappa shape index (κ1) is 24.8. The van der Waals surface area contributed by atoms with Gasteiger partial charge in [0.2, 0.25) is 5.60 Å². The van der Waals surface area contributed by atoms with Crippen LogP contribution in [0.25, 0.3) is 0 Å². The van der Waals surface area contributed by atoms with E-state index in [1.807, 2.05) is 30.3 Å². The van der Waals surface area contributed by atoms with Gasteiger partial charge in [-0.05, 0) is 29.8 Å². The van der Waals surface area contributed by atoms with Crippen molar-refractivity contribution in [2.24, 2.45) is 0 Å². The third-order valence-electron chi connectivity index (χ3n) is 6.88. The average molecular weight is 499 g/mol. The highest BCUT2D eigenvalue weighted by Crippen LogP contribution is 2.48. The van der Waals surface area contributed by atoms with Crippen LogP contribution in [0.1, 0.15) is 24.0 Å². The van der Waals surface area contributed by atoms with Crippen molar-refractivity contribution in [2.75, 3.05) is 27.2 Å². The molecule has 0 amide bonds. The normalized spacial score (nSPS) is 18.7. The van der Waals surface area contributed by atoms with E-state index in [2.05, 4.69) is 26.9 Å². The van der Waals surface area contributed by atoms with Crippen LogP contribution in [0.5, 0.6) is 17.2 Å². The number of rotatable bonds is 8. The van der Waals surface area contributed by atoms with Gasteiger partial charge in [-0.1, -0.05) is 61.2 Å². The number of carbonyl (C=O) groups excluding carboxylic acids is 1. The lowest BCUT2D eigenvalue weighted by atomic mass is 9.81. The number of carbonyl (C=O) groups is 1. The molecule has 1 fully saturated rings. The maximum atomic E-state index is 13.6. The Bertz CT molecular complexity index is 1300. The highest BCUT2D eigenvalue weighted by atomic mass is 16.6. The van der Waals surface area contributed by atoms with Crippen LogP contribution in [0.2, 0.25) is 0 Å². The zero-order valence-electron chi connectivity index (χ0n) is 21.2. The molecule has 3 aromatic carbocycles. The number of quaternary nitrogens is 1. The minimum absolute atomic E-state index is 0.372. The number of hydrogen-bond donors (Lipinski definition) is 1. The first-order chi connectivity index (χ1) is 17.8. The molecule has 0 radical (unpaired) electrons. The second-order valence-electron chi connectivity index (χ2n) is 10.1. The molecular formula is C31H32NO5+. The van der Waals surface area contributed by atoms with E-state index in [4.69, 9.17) is 14.2 Å². The van der Waals surface area contributed by atoms with Gasteiger partial charge in [0, 0.05) is 29.5 Å². The van der Waals surface area contributed by atoms with E-state index in [-0.39, 0.29) is 0 Å². The summed E-state index contributed by atoms with van der Waals surface area (Å²) in [5.74, 6) is 1.01. The van der Waals surface area contributed by atoms with E-state index in [0.717, 1.165) is 29.9 Å². The molecule has 1 atom stereocenters. The number of nitrogens with zero attached hydrogens (tertiary/aromatic N) is 1. The number of ether oxygens (including phenoxy) is 3. The van der Waals surface area contributed by atoms with E-state index in [0.29, 0.717) is 40.1 Å². The Kier molecular flexibility index (Phi) is 6.63.